The Kier molecular flexibility index (Phi) is 3.95. The lowest BCUT2D eigenvalue weighted by Crippen LogP contribution is -2.24. The number of nitrogen functional groups attached to an aromatic ring is 1. The summed E-state index contributed by atoms with van der Waals surface area (Å²) in [6.45, 7) is 5.32. The molecule has 0 aliphatic carbocycles. The second-order valence-electron chi connectivity index (χ2n) is 8.17. The van der Waals surface area contributed by atoms with Gasteiger partial charge in [-0.05, 0) is 61.4 Å². The summed E-state index contributed by atoms with van der Waals surface area (Å²) in [6.07, 6.45) is 0. The normalized spacial score (nSPS) is 13.3. The molecule has 0 fully saturated rings. The lowest BCUT2D eigenvalue weighted by Gasteiger charge is -2.18. The molecule has 0 atom stereocenters. The third-order valence-corrected chi connectivity index (χ3v) is 6.15. The van der Waals surface area contributed by atoms with Crippen molar-refractivity contribution < 1.29 is 18.7 Å². The average Bonchev–Trinajstić information content (AvgIpc) is 3.33. The number of fused-ring (bicyclic) bond motifs is 9. The first-order valence-corrected chi connectivity index (χ1v) is 10.5. The van der Waals surface area contributed by atoms with Crippen molar-refractivity contribution in [3.63, 3.8) is 0 Å². The molecule has 0 spiro atoms. The minimum Gasteiger partial charge on any atom is -0.486 e. The number of nitrogens with one attached hydrogen (secondary N) is 1. The van der Waals surface area contributed by atoms with Gasteiger partial charge in [0, 0.05) is 39.3 Å². The molecule has 3 N–H and O–H groups in total. The Labute approximate surface area is 183 Å². The SMILES string of the molecule is Cc1cc(N)nc(C)c1CNC(=O)c1ccc2c(c1)c1oc2c2cc3c(cc21)OCCO3. The van der Waals surface area contributed by atoms with Crippen LogP contribution in [0.4, 0.5) is 5.82 Å². The molecule has 7 nitrogen and oxygen atoms in total. The van der Waals surface area contributed by atoms with Crippen LogP contribution in [0.15, 0.2) is 40.8 Å². The highest BCUT2D eigenvalue weighted by Crippen LogP contribution is 2.45. The summed E-state index contributed by atoms with van der Waals surface area (Å²) in [5, 5.41) is 6.86. The van der Waals surface area contributed by atoms with Crippen molar-refractivity contribution >= 4 is 44.4 Å². The van der Waals surface area contributed by atoms with E-state index in [-0.39, 0.29) is 5.91 Å². The second-order valence-corrected chi connectivity index (χ2v) is 8.17. The molecule has 6 rings (SSSR count). The molecule has 0 unspecified atom stereocenters. The lowest BCUT2D eigenvalue weighted by molar-refractivity contribution is 0.0951. The van der Waals surface area contributed by atoms with Crippen LogP contribution >= 0.6 is 0 Å². The van der Waals surface area contributed by atoms with Gasteiger partial charge in [-0.1, -0.05) is 0 Å². The van der Waals surface area contributed by atoms with Gasteiger partial charge >= 0.3 is 0 Å². The maximum Gasteiger partial charge on any atom is 0.251 e. The number of rotatable bonds is 3. The third kappa shape index (κ3) is 2.74. The number of hydrogen-bond acceptors (Lipinski definition) is 6. The van der Waals surface area contributed by atoms with Crippen molar-refractivity contribution in [1.82, 2.24) is 10.3 Å². The molecular formula is C25H21N3O4. The van der Waals surface area contributed by atoms with Crippen molar-refractivity contribution in [2.24, 2.45) is 0 Å². The summed E-state index contributed by atoms with van der Waals surface area (Å²) in [7, 11) is 0. The number of aromatic nitrogens is 1. The largest absolute Gasteiger partial charge is 0.486 e. The van der Waals surface area contributed by atoms with E-state index in [4.69, 9.17) is 19.6 Å². The lowest BCUT2D eigenvalue weighted by atomic mass is 10.0. The maximum atomic E-state index is 12.9. The fourth-order valence-electron chi connectivity index (χ4n) is 4.57. The highest BCUT2D eigenvalue weighted by Gasteiger charge is 2.22. The molecule has 32 heavy (non-hydrogen) atoms. The Bertz CT molecular complexity index is 1510. The number of aryl methyl sites for hydroxylation is 2. The Morgan fingerprint density at radius 2 is 1.62 bits per heavy atom. The van der Waals surface area contributed by atoms with Crippen LogP contribution in [0.5, 0.6) is 11.5 Å². The van der Waals surface area contributed by atoms with Crippen LogP contribution in [0.3, 0.4) is 0 Å². The predicted octanol–water partition coefficient (Wildman–Crippen LogP) is 4.47. The minimum atomic E-state index is -0.154. The maximum absolute atomic E-state index is 12.9. The molecule has 0 saturated heterocycles. The van der Waals surface area contributed by atoms with Gasteiger partial charge in [0.05, 0.1) is 0 Å². The first-order chi connectivity index (χ1) is 15.5. The smallest absolute Gasteiger partial charge is 0.251 e. The number of nitrogens with two attached hydrogens (primary N) is 1. The second kappa shape index (κ2) is 6.75. The van der Waals surface area contributed by atoms with Gasteiger partial charge in [-0.25, -0.2) is 4.98 Å². The fourth-order valence-corrected chi connectivity index (χ4v) is 4.57. The van der Waals surface area contributed by atoms with Gasteiger partial charge in [0.25, 0.3) is 5.91 Å². The molecule has 160 valence electrons. The highest BCUT2D eigenvalue weighted by atomic mass is 16.6. The average molecular weight is 427 g/mol. The zero-order valence-electron chi connectivity index (χ0n) is 17.7. The summed E-state index contributed by atoms with van der Waals surface area (Å²) in [4.78, 5) is 17.2. The van der Waals surface area contributed by atoms with E-state index in [2.05, 4.69) is 10.3 Å². The molecule has 3 aromatic heterocycles. The van der Waals surface area contributed by atoms with E-state index in [1.807, 2.05) is 50.2 Å². The van der Waals surface area contributed by atoms with Gasteiger partial charge in [-0.3, -0.25) is 4.79 Å². The van der Waals surface area contributed by atoms with E-state index in [1.54, 1.807) is 0 Å². The van der Waals surface area contributed by atoms with E-state index in [0.29, 0.717) is 31.1 Å². The van der Waals surface area contributed by atoms with Crippen molar-refractivity contribution in [3.8, 4) is 11.5 Å². The molecule has 1 amide bonds. The number of pyridine rings is 1. The molecular weight excluding hydrogens is 406 g/mol. The van der Waals surface area contributed by atoms with Crippen LogP contribution in [0.25, 0.3) is 32.7 Å². The number of carbonyl (C=O) groups excluding carboxylic acids is 1. The van der Waals surface area contributed by atoms with Crippen molar-refractivity contribution in [1.29, 1.82) is 0 Å². The number of amides is 1. The van der Waals surface area contributed by atoms with Crippen LogP contribution < -0.4 is 20.5 Å². The first kappa shape index (κ1) is 18.7. The monoisotopic (exact) mass is 427 g/mol. The topological polar surface area (TPSA) is 99.6 Å². The molecule has 0 radical (unpaired) electrons. The quantitative estimate of drug-likeness (QED) is 0.412. The van der Waals surface area contributed by atoms with E-state index in [9.17, 15) is 4.79 Å². The molecule has 5 aromatic rings. The molecule has 1 aliphatic rings. The number of carbonyl (C=O) groups is 1. The Hall–Kier alpha value is -4.00. The zero-order chi connectivity index (χ0) is 22.0. The van der Waals surface area contributed by atoms with Crippen LogP contribution in [0, 0.1) is 13.8 Å². The van der Waals surface area contributed by atoms with Gasteiger partial charge in [-0.2, -0.15) is 0 Å². The molecule has 2 aromatic carbocycles. The summed E-state index contributed by atoms with van der Waals surface area (Å²) in [5.41, 5.74) is 10.7. The van der Waals surface area contributed by atoms with E-state index < -0.39 is 0 Å². The zero-order valence-corrected chi connectivity index (χ0v) is 17.7. The van der Waals surface area contributed by atoms with E-state index in [0.717, 1.165) is 61.0 Å². The number of furan rings is 2. The highest BCUT2D eigenvalue weighted by molar-refractivity contribution is 6.26. The number of nitrogens with zero attached hydrogens (tertiary/aromatic N) is 1. The third-order valence-electron chi connectivity index (χ3n) is 6.15. The molecule has 4 heterocycles. The van der Waals surface area contributed by atoms with Gasteiger partial charge < -0.3 is 24.9 Å². The number of benzene rings is 3. The van der Waals surface area contributed by atoms with Crippen LogP contribution in [0.1, 0.15) is 27.2 Å². The summed E-state index contributed by atoms with van der Waals surface area (Å²) in [6, 6.07) is 11.4. The van der Waals surface area contributed by atoms with Crippen LogP contribution in [-0.2, 0) is 6.54 Å². The van der Waals surface area contributed by atoms with E-state index >= 15 is 0 Å². The number of hydrogen-bond donors (Lipinski definition) is 2. The Morgan fingerprint density at radius 1 is 0.969 bits per heavy atom. The van der Waals surface area contributed by atoms with Gasteiger partial charge in [0.2, 0.25) is 0 Å². The van der Waals surface area contributed by atoms with Gasteiger partial charge in [0.15, 0.2) is 11.5 Å². The Balaban J connectivity index is 1.35. The molecule has 0 saturated carbocycles. The summed E-state index contributed by atoms with van der Waals surface area (Å²) >= 11 is 0. The molecule has 7 heteroatoms. The Morgan fingerprint density at radius 3 is 2.31 bits per heavy atom. The van der Waals surface area contributed by atoms with Crippen molar-refractivity contribution in [2.75, 3.05) is 18.9 Å². The molecule has 1 aliphatic heterocycles. The minimum absolute atomic E-state index is 0.154. The number of anilines is 1. The number of ether oxygens (including phenoxy) is 2. The molecule has 2 bridgehead atoms. The van der Waals surface area contributed by atoms with Crippen molar-refractivity contribution in [2.45, 2.75) is 20.4 Å². The summed E-state index contributed by atoms with van der Waals surface area (Å²) < 4.78 is 17.6. The van der Waals surface area contributed by atoms with Gasteiger partial charge in [0.1, 0.15) is 30.2 Å². The van der Waals surface area contributed by atoms with Crippen LogP contribution in [-0.4, -0.2) is 24.1 Å². The van der Waals surface area contributed by atoms with Crippen LogP contribution in [0.2, 0.25) is 0 Å². The van der Waals surface area contributed by atoms with Crippen molar-refractivity contribution in [3.05, 3.63) is 58.8 Å². The van der Waals surface area contributed by atoms with Gasteiger partial charge in [-0.15, -0.1) is 0 Å². The predicted molar refractivity (Wildman–Crippen MR) is 123 cm³/mol. The fraction of sp³-hybridized carbons (Fsp3) is 0.200. The standard InChI is InChI=1S/C25H21N3O4/c1-12-7-22(26)28-13(2)19(12)11-27-25(29)14-3-4-15-16(8-14)24-18-10-21-20(30-5-6-31-21)9-17(18)23(15)32-24/h3-4,7-10H,5-6,11H2,1-2H3,(H2,26,28)(H,27,29). The first-order valence-electron chi connectivity index (χ1n) is 10.5. The summed E-state index contributed by atoms with van der Waals surface area (Å²) in [5.74, 6) is 1.79. The van der Waals surface area contributed by atoms with E-state index in [1.165, 1.54) is 0 Å².